The van der Waals surface area contributed by atoms with E-state index in [1.54, 1.807) is 0 Å². The summed E-state index contributed by atoms with van der Waals surface area (Å²) in [7, 11) is -7.17. The Hall–Kier alpha value is 0.0600. The van der Waals surface area contributed by atoms with Crippen LogP contribution in [0.5, 0.6) is 0 Å². The van der Waals surface area contributed by atoms with Crippen LogP contribution in [0, 0.1) is 0 Å². The average molecular weight is 561 g/mol. The molecule has 0 aromatic heterocycles. The number of nitrogens with two attached hydrogens (primary N) is 4. The van der Waals surface area contributed by atoms with Gasteiger partial charge in [-0.15, -0.1) is 0 Å². The van der Waals surface area contributed by atoms with Crippen molar-refractivity contribution in [2.45, 2.75) is 51.4 Å². The third kappa shape index (κ3) is 22.1. The molecule has 0 radical (unpaired) electrons. The van der Waals surface area contributed by atoms with Crippen molar-refractivity contribution in [1.82, 2.24) is 9.80 Å². The van der Waals surface area contributed by atoms with Crippen LogP contribution in [0.3, 0.4) is 0 Å². The molecule has 0 aromatic rings. The highest BCUT2D eigenvalue weighted by Gasteiger charge is 2.21. The number of nitrogens with zero attached hydrogens (tertiary/aromatic N) is 2. The maximum Gasteiger partial charge on any atom is 0.329 e. The molecule has 0 saturated carbocycles. The average Bonchev–Trinajstić information content (AvgIpc) is 2.82. The van der Waals surface area contributed by atoms with E-state index in [0.717, 1.165) is 51.4 Å². The Balaban J connectivity index is 3.70. The monoisotopic (exact) mass is 560 g/mol. The molecule has 0 aliphatic rings. The van der Waals surface area contributed by atoms with Crippen molar-refractivity contribution in [2.75, 3.05) is 91.0 Å². The van der Waals surface area contributed by atoms with E-state index in [1.807, 2.05) is 9.80 Å². The molecule has 218 valence electrons. The molecule has 36 heavy (non-hydrogen) atoms. The Morgan fingerprint density at radius 1 is 0.500 bits per heavy atom. The van der Waals surface area contributed by atoms with Crippen LogP contribution in [0.2, 0.25) is 0 Å². The third-order valence-electron chi connectivity index (χ3n) is 5.80. The molecular weight excluding hydrogens is 506 g/mol. The van der Waals surface area contributed by atoms with Crippen molar-refractivity contribution in [3.63, 3.8) is 0 Å². The lowest BCUT2D eigenvalue weighted by Crippen LogP contribution is -2.36. The number of hydrogen-bond acceptors (Lipinski definition) is 10. The first-order valence-electron chi connectivity index (χ1n) is 13.4. The second-order valence-electron chi connectivity index (χ2n) is 9.05. The Labute approximate surface area is 218 Å². The van der Waals surface area contributed by atoms with Gasteiger partial charge in [0, 0.05) is 65.4 Å². The maximum atomic E-state index is 12.2. The van der Waals surface area contributed by atoms with E-state index < -0.39 is 15.2 Å². The first kappa shape index (κ1) is 36.1. The fraction of sp³-hybridized carbons (Fsp3) is 1.00. The van der Waals surface area contributed by atoms with E-state index in [0.29, 0.717) is 65.4 Å². The summed E-state index contributed by atoms with van der Waals surface area (Å²) >= 11 is 0. The predicted molar refractivity (Wildman–Crippen MR) is 147 cm³/mol. The van der Waals surface area contributed by atoms with E-state index in [4.69, 9.17) is 32.0 Å². The summed E-state index contributed by atoms with van der Waals surface area (Å²) in [5.74, 6) is 0. The highest BCUT2D eigenvalue weighted by Crippen LogP contribution is 2.42. The lowest BCUT2D eigenvalue weighted by atomic mass is 10.1. The van der Waals surface area contributed by atoms with Crippen LogP contribution in [0.15, 0.2) is 0 Å². The minimum atomic E-state index is -3.58. The SMILES string of the molecule is NCCN(CCN)CCP(=O)(O)OCCCCCCCCCCOP(=O)(O)CCN(CCN)CCN. The molecule has 0 amide bonds. The van der Waals surface area contributed by atoms with Crippen LogP contribution in [0.25, 0.3) is 0 Å². The van der Waals surface area contributed by atoms with Gasteiger partial charge in [0.05, 0.1) is 25.5 Å². The molecule has 12 nitrogen and oxygen atoms in total. The first-order chi connectivity index (χ1) is 17.2. The molecule has 0 saturated heterocycles. The Bertz CT molecular complexity index is 545. The fourth-order valence-corrected chi connectivity index (χ4v) is 5.90. The van der Waals surface area contributed by atoms with Gasteiger partial charge < -0.3 is 51.6 Å². The van der Waals surface area contributed by atoms with Gasteiger partial charge in [0.15, 0.2) is 0 Å². The molecule has 10 N–H and O–H groups in total. The summed E-state index contributed by atoms with van der Waals surface area (Å²) in [6.45, 7) is 6.02. The molecule has 0 aliphatic heterocycles. The van der Waals surface area contributed by atoms with E-state index in [1.165, 1.54) is 0 Å². The normalized spacial score (nSPS) is 15.4. The van der Waals surface area contributed by atoms with Gasteiger partial charge in [-0.1, -0.05) is 38.5 Å². The van der Waals surface area contributed by atoms with Gasteiger partial charge in [-0.25, -0.2) is 0 Å². The molecular formula is C22H54N6O6P2. The van der Waals surface area contributed by atoms with Gasteiger partial charge in [-0.2, -0.15) is 0 Å². The molecule has 0 bridgehead atoms. The number of hydrogen-bond donors (Lipinski definition) is 6. The number of unbranched alkanes of at least 4 members (excludes halogenated alkanes) is 7. The van der Waals surface area contributed by atoms with Gasteiger partial charge >= 0.3 is 15.2 Å². The summed E-state index contributed by atoms with van der Waals surface area (Å²) in [4.78, 5) is 23.9. The van der Waals surface area contributed by atoms with Gasteiger partial charge in [0.2, 0.25) is 0 Å². The standard InChI is InChI=1S/C22H54N6O6P2/c23-9-13-27(14-10-24)17-21-35(29,30)33-19-7-5-3-1-2-4-6-8-20-34-36(31,32)22-18-28(15-11-25)16-12-26/h1-26H2,(H,29,30)(H,31,32). The van der Waals surface area contributed by atoms with Crippen molar-refractivity contribution in [3.8, 4) is 0 Å². The molecule has 0 fully saturated rings. The van der Waals surface area contributed by atoms with Gasteiger partial charge in [-0.3, -0.25) is 9.13 Å². The van der Waals surface area contributed by atoms with Gasteiger partial charge in [0.25, 0.3) is 0 Å². The lowest BCUT2D eigenvalue weighted by Gasteiger charge is -2.22. The number of rotatable bonds is 27. The zero-order chi connectivity index (χ0) is 27.1. The van der Waals surface area contributed by atoms with Crippen molar-refractivity contribution in [1.29, 1.82) is 0 Å². The maximum absolute atomic E-state index is 12.2. The van der Waals surface area contributed by atoms with E-state index in [-0.39, 0.29) is 25.5 Å². The summed E-state index contributed by atoms with van der Waals surface area (Å²) in [6, 6.07) is 0. The van der Waals surface area contributed by atoms with Crippen LogP contribution in [-0.2, 0) is 18.2 Å². The largest absolute Gasteiger partial charge is 0.329 e. The zero-order valence-electron chi connectivity index (χ0n) is 22.2. The lowest BCUT2D eigenvalue weighted by molar-refractivity contribution is 0.240. The van der Waals surface area contributed by atoms with E-state index in [2.05, 4.69) is 0 Å². The molecule has 0 spiro atoms. The Kier molecular flexibility index (Phi) is 23.0. The highest BCUT2D eigenvalue weighted by molar-refractivity contribution is 7.53. The summed E-state index contributed by atoms with van der Waals surface area (Å²) in [5, 5.41) is 0. The summed E-state index contributed by atoms with van der Waals surface area (Å²) < 4.78 is 34.8. The molecule has 14 heteroatoms. The summed E-state index contributed by atoms with van der Waals surface area (Å²) in [6.07, 6.45) is 7.86. The minimum Gasteiger partial charge on any atom is -0.329 e. The van der Waals surface area contributed by atoms with Crippen molar-refractivity contribution in [2.24, 2.45) is 22.9 Å². The van der Waals surface area contributed by atoms with E-state index in [9.17, 15) is 18.9 Å². The predicted octanol–water partition coefficient (Wildman–Crippen LogP) is 0.950. The smallest absolute Gasteiger partial charge is 0.329 e. The first-order valence-corrected chi connectivity index (χ1v) is 16.9. The molecule has 2 unspecified atom stereocenters. The van der Waals surface area contributed by atoms with Gasteiger partial charge in [0.1, 0.15) is 0 Å². The molecule has 2 atom stereocenters. The second-order valence-corrected chi connectivity index (χ2v) is 13.0. The molecule has 0 heterocycles. The highest BCUT2D eigenvalue weighted by atomic mass is 31.2. The van der Waals surface area contributed by atoms with Crippen molar-refractivity contribution in [3.05, 3.63) is 0 Å². The van der Waals surface area contributed by atoms with Crippen molar-refractivity contribution < 1.29 is 28.0 Å². The molecule has 0 aliphatic carbocycles. The van der Waals surface area contributed by atoms with E-state index >= 15 is 0 Å². The quantitative estimate of drug-likeness (QED) is 0.0614. The second kappa shape index (κ2) is 23.0. The van der Waals surface area contributed by atoms with Crippen LogP contribution >= 0.6 is 15.2 Å². The Morgan fingerprint density at radius 3 is 1.06 bits per heavy atom. The minimum absolute atomic E-state index is 0.0868. The van der Waals surface area contributed by atoms with Crippen LogP contribution in [0.1, 0.15) is 51.4 Å². The summed E-state index contributed by atoms with van der Waals surface area (Å²) in [5.41, 5.74) is 22.2. The zero-order valence-corrected chi connectivity index (χ0v) is 24.0. The van der Waals surface area contributed by atoms with Crippen molar-refractivity contribution >= 4 is 15.2 Å². The fourth-order valence-electron chi connectivity index (χ4n) is 3.74. The van der Waals surface area contributed by atoms with Crippen LogP contribution < -0.4 is 22.9 Å². The van der Waals surface area contributed by atoms with Crippen LogP contribution in [-0.4, -0.2) is 111 Å². The molecule has 0 rings (SSSR count). The van der Waals surface area contributed by atoms with Crippen LogP contribution in [0.4, 0.5) is 0 Å². The topological polar surface area (TPSA) is 204 Å². The Morgan fingerprint density at radius 2 is 0.778 bits per heavy atom. The third-order valence-corrected chi connectivity index (χ3v) is 8.51. The van der Waals surface area contributed by atoms with Gasteiger partial charge in [-0.05, 0) is 12.8 Å². The molecule has 0 aromatic carbocycles.